The molecule has 1 saturated heterocycles. The van der Waals surface area contributed by atoms with Gasteiger partial charge >= 0.3 is 0 Å². The molecule has 0 spiro atoms. The van der Waals surface area contributed by atoms with E-state index in [1.807, 2.05) is 0 Å². The summed E-state index contributed by atoms with van der Waals surface area (Å²) in [5, 5.41) is 35.9. The second-order valence-corrected chi connectivity index (χ2v) is 5.58. The minimum absolute atomic E-state index is 0.225. The molecule has 10 nitrogen and oxygen atoms in total. The first kappa shape index (κ1) is 14.3. The van der Waals surface area contributed by atoms with Gasteiger partial charge in [0.15, 0.2) is 17.9 Å². The average Bonchev–Trinajstić information content (AvgIpc) is 3.05. The van der Waals surface area contributed by atoms with Crippen LogP contribution in [0, 0.1) is 0 Å². The van der Waals surface area contributed by atoms with Crippen molar-refractivity contribution >= 4 is 22.6 Å². The molecule has 0 bridgehead atoms. The lowest BCUT2D eigenvalue weighted by atomic mass is 10.1. The zero-order valence-electron chi connectivity index (χ0n) is 12.2. The number of ether oxygens (including phenoxy) is 1. The van der Waals surface area contributed by atoms with Crippen molar-refractivity contribution in [3.8, 4) is 0 Å². The number of rotatable bonds is 2. The SMILES string of the molecule is CN1N=C(N)c2c3c1ncnc3cn2[C@@H]1O[C@H](CO)[C@@H](O)[C@H]1O. The zero-order valence-corrected chi connectivity index (χ0v) is 12.2. The number of hydrazone groups is 1. The van der Waals surface area contributed by atoms with Gasteiger partial charge in [-0.05, 0) is 0 Å². The number of nitrogens with two attached hydrogens (primary N) is 1. The second kappa shape index (κ2) is 4.86. The molecular weight excluding hydrogens is 304 g/mol. The summed E-state index contributed by atoms with van der Waals surface area (Å²) in [4.78, 5) is 8.41. The highest BCUT2D eigenvalue weighted by Gasteiger charge is 2.44. The van der Waals surface area contributed by atoms with Gasteiger partial charge in [0, 0.05) is 13.2 Å². The zero-order chi connectivity index (χ0) is 16.3. The van der Waals surface area contributed by atoms with Crippen molar-refractivity contribution in [2.75, 3.05) is 18.7 Å². The molecule has 0 unspecified atom stereocenters. The van der Waals surface area contributed by atoms with Gasteiger partial charge in [-0.2, -0.15) is 5.10 Å². The quantitative estimate of drug-likeness (QED) is 0.503. The lowest BCUT2D eigenvalue weighted by Gasteiger charge is -2.23. The maximum Gasteiger partial charge on any atom is 0.168 e. The Labute approximate surface area is 130 Å². The van der Waals surface area contributed by atoms with Crippen LogP contribution in [0.2, 0.25) is 0 Å². The number of aliphatic hydroxyl groups is 3. The summed E-state index contributed by atoms with van der Waals surface area (Å²) in [6.45, 7) is -0.401. The van der Waals surface area contributed by atoms with Gasteiger partial charge in [0.05, 0.1) is 17.5 Å². The van der Waals surface area contributed by atoms with Gasteiger partial charge in [0.1, 0.15) is 30.3 Å². The summed E-state index contributed by atoms with van der Waals surface area (Å²) in [6, 6.07) is 0. The Balaban J connectivity index is 1.90. The van der Waals surface area contributed by atoms with Crippen LogP contribution in [0.3, 0.4) is 0 Å². The third kappa shape index (κ3) is 1.86. The van der Waals surface area contributed by atoms with Gasteiger partial charge in [0.2, 0.25) is 0 Å². The lowest BCUT2D eigenvalue weighted by molar-refractivity contribution is -0.0526. The predicted molar refractivity (Wildman–Crippen MR) is 79.7 cm³/mol. The summed E-state index contributed by atoms with van der Waals surface area (Å²) in [5.41, 5.74) is 7.17. The van der Waals surface area contributed by atoms with Crippen LogP contribution in [0.25, 0.3) is 10.9 Å². The van der Waals surface area contributed by atoms with E-state index in [1.165, 1.54) is 6.33 Å². The molecule has 10 heteroatoms. The molecule has 5 N–H and O–H groups in total. The molecule has 0 saturated carbocycles. The Bertz CT molecular complexity index is 805. The lowest BCUT2D eigenvalue weighted by Crippen LogP contribution is -2.34. The topological polar surface area (TPSA) is 142 Å². The molecule has 23 heavy (non-hydrogen) atoms. The normalized spacial score (nSPS) is 30.1. The minimum atomic E-state index is -1.21. The molecule has 2 aromatic heterocycles. The maximum absolute atomic E-state index is 10.2. The van der Waals surface area contributed by atoms with Crippen LogP contribution in [0.1, 0.15) is 11.9 Å². The summed E-state index contributed by atoms with van der Waals surface area (Å²) in [7, 11) is 1.72. The van der Waals surface area contributed by atoms with Crippen molar-refractivity contribution in [3.05, 3.63) is 18.2 Å². The Hall–Kier alpha value is -2.27. The predicted octanol–water partition coefficient (Wildman–Crippen LogP) is -1.89. The van der Waals surface area contributed by atoms with Crippen molar-refractivity contribution < 1.29 is 20.1 Å². The Kier molecular flexibility index (Phi) is 3.03. The van der Waals surface area contributed by atoms with Gasteiger partial charge < -0.3 is 30.4 Å². The van der Waals surface area contributed by atoms with Gasteiger partial charge in [-0.15, -0.1) is 0 Å². The first-order chi connectivity index (χ1) is 11.0. The Morgan fingerprint density at radius 3 is 2.78 bits per heavy atom. The molecule has 0 aliphatic carbocycles. The molecule has 2 aliphatic heterocycles. The van der Waals surface area contributed by atoms with E-state index in [0.717, 1.165) is 0 Å². The molecular formula is C13H16N6O4. The molecule has 1 fully saturated rings. The fourth-order valence-electron chi connectivity index (χ4n) is 3.11. The third-order valence-corrected chi connectivity index (χ3v) is 4.21. The smallest absolute Gasteiger partial charge is 0.168 e. The van der Waals surface area contributed by atoms with Crippen molar-refractivity contribution in [3.63, 3.8) is 0 Å². The average molecular weight is 320 g/mol. The molecule has 0 amide bonds. The monoisotopic (exact) mass is 320 g/mol. The standard InChI is InChI=1S/C13H16N6O4/c1-18-12-7-5(15-4-16-12)2-19(8(7)11(14)17-18)13-10(22)9(21)6(3-20)23-13/h2,4,6,9-10,13,20-22H,3H2,1H3,(H2,14,17)/t6-,9-,10-,13-/m1/s1. The van der Waals surface area contributed by atoms with E-state index in [2.05, 4.69) is 15.1 Å². The van der Waals surface area contributed by atoms with Crippen LogP contribution >= 0.6 is 0 Å². The molecule has 4 heterocycles. The maximum atomic E-state index is 10.2. The summed E-state index contributed by atoms with van der Waals surface area (Å²) < 4.78 is 7.15. The van der Waals surface area contributed by atoms with Crippen molar-refractivity contribution in [1.82, 2.24) is 14.5 Å². The number of amidine groups is 1. The third-order valence-electron chi connectivity index (χ3n) is 4.21. The molecule has 2 aliphatic rings. The second-order valence-electron chi connectivity index (χ2n) is 5.58. The largest absolute Gasteiger partial charge is 0.394 e. The van der Waals surface area contributed by atoms with E-state index in [4.69, 9.17) is 10.5 Å². The van der Waals surface area contributed by atoms with Crippen LogP contribution < -0.4 is 10.7 Å². The number of aromatic nitrogens is 3. The van der Waals surface area contributed by atoms with Crippen LogP contribution in [0.15, 0.2) is 17.6 Å². The Morgan fingerprint density at radius 2 is 2.09 bits per heavy atom. The van der Waals surface area contributed by atoms with Gasteiger partial charge in [-0.1, -0.05) is 0 Å². The molecule has 0 radical (unpaired) electrons. The molecule has 2 aromatic rings. The highest BCUT2D eigenvalue weighted by atomic mass is 16.6. The fraction of sp³-hybridized carbons (Fsp3) is 0.462. The van der Waals surface area contributed by atoms with E-state index in [0.29, 0.717) is 22.4 Å². The summed E-state index contributed by atoms with van der Waals surface area (Å²) in [6.07, 6.45) is -1.11. The molecule has 122 valence electrons. The van der Waals surface area contributed by atoms with Crippen molar-refractivity contribution in [1.29, 1.82) is 0 Å². The number of anilines is 1. The number of aliphatic hydroxyl groups excluding tert-OH is 3. The van der Waals surface area contributed by atoms with E-state index >= 15 is 0 Å². The first-order valence-corrected chi connectivity index (χ1v) is 7.09. The molecule has 0 aromatic carbocycles. The Morgan fingerprint density at radius 1 is 1.30 bits per heavy atom. The van der Waals surface area contributed by atoms with Gasteiger partial charge in [0.25, 0.3) is 0 Å². The highest BCUT2D eigenvalue weighted by molar-refractivity contribution is 6.13. The van der Waals surface area contributed by atoms with Crippen molar-refractivity contribution in [2.24, 2.45) is 10.8 Å². The van der Waals surface area contributed by atoms with Crippen LogP contribution in [0.5, 0.6) is 0 Å². The first-order valence-electron chi connectivity index (χ1n) is 7.09. The molecule has 4 rings (SSSR count). The van der Waals surface area contributed by atoms with Crippen LogP contribution in [-0.2, 0) is 4.74 Å². The van der Waals surface area contributed by atoms with E-state index < -0.39 is 31.1 Å². The number of hydrogen-bond donors (Lipinski definition) is 4. The van der Waals surface area contributed by atoms with Crippen LogP contribution in [0.4, 0.5) is 5.82 Å². The summed E-state index contributed by atoms with van der Waals surface area (Å²) >= 11 is 0. The highest BCUT2D eigenvalue weighted by Crippen LogP contribution is 2.37. The van der Waals surface area contributed by atoms with E-state index in [-0.39, 0.29) is 5.84 Å². The van der Waals surface area contributed by atoms with Crippen LogP contribution in [-0.4, -0.2) is 67.7 Å². The van der Waals surface area contributed by atoms with E-state index in [1.54, 1.807) is 22.8 Å². The number of nitrogens with zero attached hydrogens (tertiary/aromatic N) is 5. The van der Waals surface area contributed by atoms with Crippen molar-refractivity contribution in [2.45, 2.75) is 24.5 Å². The minimum Gasteiger partial charge on any atom is -0.394 e. The van der Waals surface area contributed by atoms with Gasteiger partial charge in [-0.25, -0.2) is 15.0 Å². The number of hydrogen-bond acceptors (Lipinski definition) is 9. The fourth-order valence-corrected chi connectivity index (χ4v) is 3.11. The van der Waals surface area contributed by atoms with Gasteiger partial charge in [-0.3, -0.25) is 0 Å². The molecule has 4 atom stereocenters. The van der Waals surface area contributed by atoms with E-state index in [9.17, 15) is 15.3 Å². The summed E-state index contributed by atoms with van der Waals surface area (Å²) in [5.74, 6) is 0.812.